The Bertz CT molecular complexity index is 732. The lowest BCUT2D eigenvalue weighted by atomic mass is 10.2. The van der Waals surface area contributed by atoms with Gasteiger partial charge in [0.15, 0.2) is 17.6 Å². The first-order chi connectivity index (χ1) is 11.4. The summed E-state index contributed by atoms with van der Waals surface area (Å²) in [6.45, 7) is -0.659. The molecule has 0 aliphatic heterocycles. The third kappa shape index (κ3) is 5.01. The highest BCUT2D eigenvalue weighted by Crippen LogP contribution is 2.42. The molecule has 14 heteroatoms. The van der Waals surface area contributed by atoms with Crippen LogP contribution in [0.5, 0.6) is 5.88 Å². The molecule has 5 nitrogen and oxygen atoms in total. The molecule has 0 bridgehead atoms. The zero-order valence-electron chi connectivity index (χ0n) is 12.0. The summed E-state index contributed by atoms with van der Waals surface area (Å²) in [6, 6.07) is 0. The van der Waals surface area contributed by atoms with Crippen molar-refractivity contribution in [1.82, 2.24) is 15.2 Å². The smallest absolute Gasteiger partial charge is 0.435 e. The van der Waals surface area contributed by atoms with Gasteiger partial charge in [-0.2, -0.15) is 36.4 Å². The molecular weight excluding hydrogens is 464 g/mol. The van der Waals surface area contributed by atoms with E-state index in [4.69, 9.17) is 0 Å². The van der Waals surface area contributed by atoms with Gasteiger partial charge in [0, 0.05) is 11.2 Å². The summed E-state index contributed by atoms with van der Waals surface area (Å²) in [5, 5.41) is 3.42. The molecule has 0 spiro atoms. The summed E-state index contributed by atoms with van der Waals surface area (Å²) in [5.41, 5.74) is -2.23. The van der Waals surface area contributed by atoms with Gasteiger partial charge in [0.2, 0.25) is 5.88 Å². The number of halogens is 7. The largest absolute Gasteiger partial charge is 0.609 e. The zero-order chi connectivity index (χ0) is 19.0. The van der Waals surface area contributed by atoms with Crippen LogP contribution in [0.4, 0.5) is 26.3 Å². The fourth-order valence-corrected chi connectivity index (χ4v) is 4.97. The van der Waals surface area contributed by atoms with Crippen LogP contribution < -0.4 is 4.74 Å². The van der Waals surface area contributed by atoms with Gasteiger partial charge in [-0.05, 0) is 22.9 Å². The van der Waals surface area contributed by atoms with Crippen LogP contribution >= 0.6 is 27.3 Å². The molecule has 0 aliphatic carbocycles. The predicted molar refractivity (Wildman–Crippen MR) is 79.8 cm³/mol. The van der Waals surface area contributed by atoms with E-state index in [1.807, 2.05) is 0 Å². The number of aromatic nitrogens is 3. The Morgan fingerprint density at radius 2 is 2.00 bits per heavy atom. The lowest BCUT2D eigenvalue weighted by Crippen LogP contribution is -2.21. The van der Waals surface area contributed by atoms with Gasteiger partial charge in [-0.15, -0.1) is 0 Å². The third-order valence-electron chi connectivity index (χ3n) is 2.77. The van der Waals surface area contributed by atoms with Gasteiger partial charge in [0.1, 0.15) is 0 Å². The van der Waals surface area contributed by atoms with Gasteiger partial charge in [-0.25, -0.2) is 5.10 Å². The van der Waals surface area contributed by atoms with E-state index in [2.05, 4.69) is 30.7 Å². The Morgan fingerprint density at radius 3 is 2.48 bits per heavy atom. The summed E-state index contributed by atoms with van der Waals surface area (Å²) in [6.07, 6.45) is -8.41. The van der Waals surface area contributed by atoms with Crippen LogP contribution in [-0.4, -0.2) is 32.5 Å². The van der Waals surface area contributed by atoms with E-state index in [1.54, 1.807) is 5.10 Å². The number of thiazole rings is 1. The number of alkyl halides is 6. The van der Waals surface area contributed by atoms with Crippen LogP contribution in [0.25, 0.3) is 0 Å². The van der Waals surface area contributed by atoms with Gasteiger partial charge >= 0.3 is 16.7 Å². The highest BCUT2D eigenvalue weighted by atomic mass is 79.9. The molecule has 0 radical (unpaired) electrons. The van der Waals surface area contributed by atoms with Crippen molar-refractivity contribution in [1.29, 1.82) is 0 Å². The summed E-state index contributed by atoms with van der Waals surface area (Å²) < 4.78 is 93.5. The van der Waals surface area contributed by atoms with Crippen LogP contribution in [0.15, 0.2) is 14.3 Å². The summed E-state index contributed by atoms with van der Waals surface area (Å²) in [4.78, 5) is 3.79. The Balaban J connectivity index is 2.39. The second kappa shape index (κ2) is 7.32. The number of hydrogen-bond acceptors (Lipinski definition) is 5. The van der Waals surface area contributed by atoms with Crippen molar-refractivity contribution in [3.8, 4) is 5.88 Å². The topological polar surface area (TPSA) is 73.9 Å². The lowest BCUT2D eigenvalue weighted by Gasteiger charge is -2.18. The highest BCUT2D eigenvalue weighted by Gasteiger charge is 2.44. The maximum atomic E-state index is 13.1. The van der Waals surface area contributed by atoms with Gasteiger partial charge in [0.05, 0.1) is 15.5 Å². The molecule has 140 valence electrons. The number of nitrogens with one attached hydrogen (secondary N) is 1. The van der Waals surface area contributed by atoms with Crippen LogP contribution in [-0.2, 0) is 17.4 Å². The molecule has 2 aromatic rings. The summed E-state index contributed by atoms with van der Waals surface area (Å²) in [7, 11) is 0. The molecule has 0 aromatic carbocycles. The number of ether oxygens (including phenoxy) is 1. The average molecular weight is 472 g/mol. The van der Waals surface area contributed by atoms with Gasteiger partial charge in [0.25, 0.3) is 0 Å². The Hall–Kier alpha value is -0.990. The lowest BCUT2D eigenvalue weighted by molar-refractivity contribution is -0.154. The molecule has 2 unspecified atom stereocenters. The molecule has 25 heavy (non-hydrogen) atoms. The predicted octanol–water partition coefficient (Wildman–Crippen LogP) is 4.46. The highest BCUT2D eigenvalue weighted by molar-refractivity contribution is 9.11. The molecule has 2 aromatic heterocycles. The van der Waals surface area contributed by atoms with Crippen molar-refractivity contribution in [2.24, 2.45) is 0 Å². The van der Waals surface area contributed by atoms with E-state index < -0.39 is 52.5 Å². The zero-order valence-corrected chi connectivity index (χ0v) is 15.3. The van der Waals surface area contributed by atoms with Gasteiger partial charge < -0.3 is 9.29 Å². The average Bonchev–Trinajstić information content (AvgIpc) is 3.08. The second-order valence-corrected chi connectivity index (χ2v) is 8.94. The Morgan fingerprint density at radius 1 is 1.36 bits per heavy atom. The summed E-state index contributed by atoms with van der Waals surface area (Å²) in [5.74, 6) is -0.832. The van der Waals surface area contributed by atoms with Gasteiger partial charge in [-0.3, -0.25) is 0 Å². The van der Waals surface area contributed by atoms with Crippen molar-refractivity contribution >= 4 is 38.4 Å². The van der Waals surface area contributed by atoms with Crippen LogP contribution in [0, 0.1) is 0 Å². The molecule has 0 fully saturated rings. The van der Waals surface area contributed by atoms with E-state index in [-0.39, 0.29) is 4.34 Å². The van der Waals surface area contributed by atoms with Crippen LogP contribution in [0.3, 0.4) is 0 Å². The molecular formula is C11H8BrF6N3O2S2. The minimum absolute atomic E-state index is 0.00970. The van der Waals surface area contributed by atoms with Crippen molar-refractivity contribution in [2.45, 2.75) is 28.9 Å². The molecule has 2 heterocycles. The quantitative estimate of drug-likeness (QED) is 0.516. The van der Waals surface area contributed by atoms with Gasteiger partial charge in [-0.1, -0.05) is 11.3 Å². The van der Waals surface area contributed by atoms with E-state index in [1.165, 1.54) is 6.20 Å². The fraction of sp³-hybridized carbons (Fsp3) is 0.455. The number of aromatic amines is 1. The maximum absolute atomic E-state index is 13.1. The maximum Gasteiger partial charge on any atom is 0.435 e. The van der Waals surface area contributed by atoms with Crippen LogP contribution in [0.1, 0.15) is 23.4 Å². The van der Waals surface area contributed by atoms with E-state index in [9.17, 15) is 30.9 Å². The van der Waals surface area contributed by atoms with Crippen molar-refractivity contribution in [3.63, 3.8) is 0 Å². The van der Waals surface area contributed by atoms with Crippen molar-refractivity contribution in [2.75, 3.05) is 6.61 Å². The molecule has 2 rings (SSSR count). The molecule has 0 saturated carbocycles. The summed E-state index contributed by atoms with van der Waals surface area (Å²) >= 11 is 1.95. The van der Waals surface area contributed by atoms with Crippen molar-refractivity contribution in [3.05, 3.63) is 21.2 Å². The first-order valence-corrected chi connectivity index (χ1v) is 9.09. The number of rotatable bonds is 5. The minimum atomic E-state index is -4.96. The fourth-order valence-electron chi connectivity index (χ4n) is 1.78. The van der Waals surface area contributed by atoms with Crippen molar-refractivity contribution < 1.29 is 35.6 Å². The molecule has 2 atom stereocenters. The number of nitrogens with zero attached hydrogens (tertiary/aromatic N) is 2. The van der Waals surface area contributed by atoms with E-state index in [0.717, 1.165) is 18.3 Å². The Kier molecular flexibility index (Phi) is 5.95. The SMILES string of the molecule is CC(c1c(C(F)(F)F)n[nH]c1OCC(F)(F)F)[S+]([O-])c1ncc(Br)s1. The molecule has 1 N–H and O–H groups in total. The van der Waals surface area contributed by atoms with E-state index >= 15 is 0 Å². The minimum Gasteiger partial charge on any atom is -0.609 e. The second-order valence-electron chi connectivity index (χ2n) is 4.59. The number of H-pyrrole nitrogens is 1. The number of hydrogen-bond donors (Lipinski definition) is 1. The van der Waals surface area contributed by atoms with E-state index in [0.29, 0.717) is 3.79 Å². The van der Waals surface area contributed by atoms with Crippen LogP contribution in [0.2, 0.25) is 0 Å². The monoisotopic (exact) mass is 471 g/mol. The molecule has 0 aliphatic rings. The first kappa shape index (κ1) is 20.3. The third-order valence-corrected chi connectivity index (χ3v) is 6.11. The molecule has 0 amide bonds. The first-order valence-electron chi connectivity index (χ1n) is 6.27. The standard InChI is InChI=1S/C11H8BrF6N3O2S2/c1-4(25(22)9-19-2-5(12)24-9)6-7(11(16,17)18)20-21-8(6)23-3-10(13,14)15/h2,4H,3H2,1H3,(H,20,21). The normalized spacial score (nSPS) is 15.2. The molecule has 0 saturated heterocycles. The Labute approximate surface area is 152 Å².